The number of aryl methyl sites for hydroxylation is 1. The monoisotopic (exact) mass is 620 g/mol. The molecule has 0 radical (unpaired) electrons. The Labute approximate surface area is 277 Å². The van der Waals surface area contributed by atoms with Crippen molar-refractivity contribution < 1.29 is 19.7 Å². The molecule has 0 atom stereocenters. The lowest BCUT2D eigenvalue weighted by atomic mass is 10.0. The minimum Gasteiger partial charge on any atom is -0.508 e. The van der Waals surface area contributed by atoms with Crippen LogP contribution in [0.5, 0.6) is 17.2 Å². The number of phenols is 2. The van der Waals surface area contributed by atoms with Crippen LogP contribution < -0.4 is 4.74 Å². The summed E-state index contributed by atoms with van der Waals surface area (Å²) in [5, 5.41) is 19.8. The lowest BCUT2D eigenvalue weighted by Crippen LogP contribution is -2.08. The van der Waals surface area contributed by atoms with Gasteiger partial charge in [-0.2, -0.15) is 0 Å². The summed E-state index contributed by atoms with van der Waals surface area (Å²) in [6.07, 6.45) is 39.8. The molecule has 0 aliphatic carbocycles. The van der Waals surface area contributed by atoms with E-state index in [1.165, 1.54) is 51.4 Å². The molecule has 0 unspecified atom stereocenters. The standard InChI is InChI=1S/C42H52O4/c1-3-4-5-6-7-8-16-19-22-25-28-39-40(44)34-36(2)35-41(39)46-42(45)29-26-23-20-17-14-12-10-9-11-13-15-18-21-24-27-37-30-32-38(43)33-31-37/h9-15,17-18,20-21,23,26-27,30-35,43-44H,3-8,16,19,22,25,28-29H2,1-2H3. The summed E-state index contributed by atoms with van der Waals surface area (Å²) in [5.74, 6) is 0.585. The smallest absolute Gasteiger partial charge is 0.315 e. The van der Waals surface area contributed by atoms with E-state index in [-0.39, 0.29) is 23.9 Å². The van der Waals surface area contributed by atoms with Gasteiger partial charge in [0.2, 0.25) is 0 Å². The fourth-order valence-corrected chi connectivity index (χ4v) is 4.71. The summed E-state index contributed by atoms with van der Waals surface area (Å²) in [7, 11) is 0. The molecule has 46 heavy (non-hydrogen) atoms. The number of benzene rings is 2. The summed E-state index contributed by atoms with van der Waals surface area (Å²) in [6.45, 7) is 4.14. The minimum absolute atomic E-state index is 0.153. The first-order valence-electron chi connectivity index (χ1n) is 16.7. The lowest BCUT2D eigenvalue weighted by Gasteiger charge is -2.13. The van der Waals surface area contributed by atoms with Crippen LogP contribution >= 0.6 is 0 Å². The number of esters is 1. The highest BCUT2D eigenvalue weighted by molar-refractivity contribution is 5.75. The van der Waals surface area contributed by atoms with Gasteiger partial charge in [-0.1, -0.05) is 150 Å². The zero-order chi connectivity index (χ0) is 33.1. The Bertz CT molecular complexity index is 1390. The van der Waals surface area contributed by atoms with E-state index < -0.39 is 0 Å². The molecule has 0 fully saturated rings. The van der Waals surface area contributed by atoms with Gasteiger partial charge in [-0.3, -0.25) is 4.79 Å². The Balaban J connectivity index is 1.66. The molecule has 0 aliphatic rings. The van der Waals surface area contributed by atoms with Gasteiger partial charge < -0.3 is 14.9 Å². The topological polar surface area (TPSA) is 66.8 Å². The van der Waals surface area contributed by atoms with Crippen molar-refractivity contribution in [1.29, 1.82) is 0 Å². The Morgan fingerprint density at radius 2 is 1.26 bits per heavy atom. The molecule has 0 saturated heterocycles. The third kappa shape index (κ3) is 18.3. The number of carbonyl (C=O) groups excluding carboxylic acids is 1. The van der Waals surface area contributed by atoms with E-state index in [1.54, 1.807) is 24.3 Å². The maximum atomic E-state index is 12.5. The van der Waals surface area contributed by atoms with E-state index in [1.807, 2.05) is 104 Å². The maximum Gasteiger partial charge on any atom is 0.315 e. The number of aromatic hydroxyl groups is 2. The molecule has 244 valence electrons. The van der Waals surface area contributed by atoms with Gasteiger partial charge in [-0.15, -0.1) is 5.73 Å². The molecule has 0 aromatic heterocycles. The van der Waals surface area contributed by atoms with Crippen LogP contribution in [0, 0.1) is 6.92 Å². The van der Waals surface area contributed by atoms with Gasteiger partial charge in [-0.25, -0.2) is 0 Å². The van der Waals surface area contributed by atoms with Gasteiger partial charge in [0, 0.05) is 5.56 Å². The molecule has 4 nitrogen and oxygen atoms in total. The number of rotatable bonds is 21. The van der Waals surface area contributed by atoms with Gasteiger partial charge in [0.1, 0.15) is 17.2 Å². The normalized spacial score (nSPS) is 12.0. The molecule has 2 N–H and O–H groups in total. The first kappa shape index (κ1) is 37.7. The molecule has 0 spiro atoms. The van der Waals surface area contributed by atoms with Crippen LogP contribution in [0.3, 0.4) is 0 Å². The third-order valence-corrected chi connectivity index (χ3v) is 7.20. The molecule has 2 aromatic carbocycles. The molecule has 0 bridgehead atoms. The summed E-state index contributed by atoms with van der Waals surface area (Å²) in [5.41, 5.74) is 5.64. The number of ether oxygens (including phenoxy) is 1. The fourth-order valence-electron chi connectivity index (χ4n) is 4.71. The van der Waals surface area contributed by atoms with Crippen molar-refractivity contribution in [2.24, 2.45) is 0 Å². The van der Waals surface area contributed by atoms with Crippen molar-refractivity contribution in [3.63, 3.8) is 0 Å². The van der Waals surface area contributed by atoms with E-state index in [0.29, 0.717) is 12.2 Å². The highest BCUT2D eigenvalue weighted by Gasteiger charge is 2.13. The molecule has 0 saturated carbocycles. The second-order valence-electron chi connectivity index (χ2n) is 11.3. The lowest BCUT2D eigenvalue weighted by molar-refractivity contribution is -0.133. The number of hydrogen-bond acceptors (Lipinski definition) is 4. The van der Waals surface area contributed by atoms with E-state index in [9.17, 15) is 15.0 Å². The number of allylic oxidation sites excluding steroid dienone is 12. The average molecular weight is 621 g/mol. The first-order chi connectivity index (χ1) is 22.5. The van der Waals surface area contributed by atoms with Gasteiger partial charge >= 0.3 is 5.97 Å². The zero-order valence-corrected chi connectivity index (χ0v) is 27.7. The molecular weight excluding hydrogens is 568 g/mol. The highest BCUT2D eigenvalue weighted by atomic mass is 16.5. The van der Waals surface area contributed by atoms with Gasteiger partial charge in [0.15, 0.2) is 0 Å². The molecule has 2 rings (SSSR count). The van der Waals surface area contributed by atoms with Crippen LogP contribution in [0.4, 0.5) is 0 Å². The van der Waals surface area contributed by atoms with Crippen LogP contribution in [-0.2, 0) is 11.2 Å². The summed E-state index contributed by atoms with van der Waals surface area (Å²) >= 11 is 0. The second-order valence-corrected chi connectivity index (χ2v) is 11.3. The molecule has 4 heteroatoms. The minimum atomic E-state index is -0.345. The largest absolute Gasteiger partial charge is 0.508 e. The summed E-state index contributed by atoms with van der Waals surface area (Å²) < 4.78 is 5.67. The van der Waals surface area contributed by atoms with Crippen molar-refractivity contribution >= 4 is 12.0 Å². The molecular formula is C42H52O4. The second kappa shape index (κ2) is 24.8. The predicted molar refractivity (Wildman–Crippen MR) is 194 cm³/mol. The fraction of sp³-hybridized carbons (Fsp3) is 0.333. The molecule has 0 aliphatic heterocycles. The Kier molecular flexibility index (Phi) is 20.3. The Morgan fingerprint density at radius 3 is 1.87 bits per heavy atom. The van der Waals surface area contributed by atoms with Gasteiger partial charge in [-0.05, 0) is 67.3 Å². The summed E-state index contributed by atoms with van der Waals surface area (Å²) in [6, 6.07) is 10.5. The first-order valence-corrected chi connectivity index (χ1v) is 16.7. The van der Waals surface area contributed by atoms with Crippen LogP contribution in [0.15, 0.2) is 121 Å². The van der Waals surface area contributed by atoms with E-state index in [2.05, 4.69) is 12.7 Å². The number of carbonyl (C=O) groups is 1. The predicted octanol–water partition coefficient (Wildman–Crippen LogP) is 11.4. The van der Waals surface area contributed by atoms with Crippen LogP contribution in [0.1, 0.15) is 94.2 Å². The van der Waals surface area contributed by atoms with Gasteiger partial charge in [0.05, 0.1) is 6.42 Å². The third-order valence-electron chi connectivity index (χ3n) is 7.20. The Morgan fingerprint density at radius 1 is 0.717 bits per heavy atom. The van der Waals surface area contributed by atoms with Crippen molar-refractivity contribution in [1.82, 2.24) is 0 Å². The van der Waals surface area contributed by atoms with Crippen molar-refractivity contribution in [2.45, 2.75) is 90.9 Å². The van der Waals surface area contributed by atoms with E-state index >= 15 is 0 Å². The van der Waals surface area contributed by atoms with E-state index in [4.69, 9.17) is 4.74 Å². The quantitative estimate of drug-likeness (QED) is 0.0479. The zero-order valence-electron chi connectivity index (χ0n) is 27.7. The van der Waals surface area contributed by atoms with Crippen LogP contribution in [0.2, 0.25) is 0 Å². The SMILES string of the molecule is CCCCCCCCCCCCc1c(O)cc(C)cc1OC(=O)CC=CC=CC=CC=CC=CC=CC=C=Cc1ccc(O)cc1. The molecule has 2 aromatic rings. The van der Waals surface area contributed by atoms with Crippen molar-refractivity contribution in [3.05, 3.63) is 138 Å². The Hall–Kier alpha value is -4.53. The van der Waals surface area contributed by atoms with E-state index in [0.717, 1.165) is 29.5 Å². The summed E-state index contributed by atoms with van der Waals surface area (Å²) in [4.78, 5) is 12.5. The van der Waals surface area contributed by atoms with Gasteiger partial charge in [0.25, 0.3) is 0 Å². The van der Waals surface area contributed by atoms with Crippen LogP contribution in [0.25, 0.3) is 6.08 Å². The number of unbranched alkanes of at least 4 members (excludes halogenated alkanes) is 9. The average Bonchev–Trinajstić information content (AvgIpc) is 3.03. The number of hydrogen-bond donors (Lipinski definition) is 2. The number of phenolic OH excluding ortho intramolecular Hbond substituents is 2. The maximum absolute atomic E-state index is 12.5. The van der Waals surface area contributed by atoms with Crippen molar-refractivity contribution in [2.75, 3.05) is 0 Å². The van der Waals surface area contributed by atoms with Crippen LogP contribution in [-0.4, -0.2) is 16.2 Å². The highest BCUT2D eigenvalue weighted by Crippen LogP contribution is 2.32. The van der Waals surface area contributed by atoms with Crippen molar-refractivity contribution in [3.8, 4) is 17.2 Å². The molecule has 0 amide bonds. The molecule has 0 heterocycles.